The fourth-order valence-corrected chi connectivity index (χ4v) is 2.46. The van der Waals surface area contributed by atoms with Crippen molar-refractivity contribution < 1.29 is 0 Å². The Morgan fingerprint density at radius 2 is 1.85 bits per heavy atom. The van der Waals surface area contributed by atoms with Crippen LogP contribution in [0.3, 0.4) is 0 Å². The lowest BCUT2D eigenvalue weighted by molar-refractivity contribution is 0.759. The molecule has 0 amide bonds. The van der Waals surface area contributed by atoms with Gasteiger partial charge in [-0.2, -0.15) is 5.26 Å². The molecule has 0 fully saturated rings. The van der Waals surface area contributed by atoms with Gasteiger partial charge in [-0.3, -0.25) is 5.32 Å². The zero-order valence-corrected chi connectivity index (χ0v) is 10.9. The number of para-hydroxylation sites is 1. The molecule has 4 heteroatoms. The zero-order chi connectivity index (χ0) is 13.8. The van der Waals surface area contributed by atoms with Gasteiger partial charge >= 0.3 is 0 Å². The average Bonchev–Trinajstić information content (AvgIpc) is 2.68. The lowest BCUT2D eigenvalue weighted by Gasteiger charge is -2.17. The van der Waals surface area contributed by atoms with Gasteiger partial charge in [0.25, 0.3) is 0 Å². The van der Waals surface area contributed by atoms with Gasteiger partial charge in [-0.15, -0.1) is 0 Å². The van der Waals surface area contributed by atoms with Crippen molar-refractivity contribution in [2.75, 3.05) is 6.54 Å². The standard InChI is InChI=1S/C16H14N4/c17-11-19-16-18-10-14(12-6-2-1-3-7-12)13-8-4-5-9-15(13)20-16/h1-9,14H,10H2,(H2,18,19,20). The number of fused-ring (bicyclic) bond motifs is 1. The largest absolute Gasteiger partial charge is 0.354 e. The number of aliphatic imine (C=N–C) groups is 1. The molecule has 0 radical (unpaired) electrons. The lowest BCUT2D eigenvalue weighted by atomic mass is 9.90. The molecule has 1 aliphatic rings. The first-order valence-electron chi connectivity index (χ1n) is 6.50. The SMILES string of the molecule is N#CNC1=Nc2ccccc2C(c2ccccc2)CN1. The van der Waals surface area contributed by atoms with Crippen LogP contribution in [0.25, 0.3) is 0 Å². The molecule has 20 heavy (non-hydrogen) atoms. The van der Waals surface area contributed by atoms with Crippen LogP contribution in [0.5, 0.6) is 0 Å². The predicted molar refractivity (Wildman–Crippen MR) is 78.6 cm³/mol. The Balaban J connectivity index is 2.04. The molecule has 1 unspecified atom stereocenters. The third-order valence-corrected chi connectivity index (χ3v) is 3.39. The number of nitrogens with zero attached hydrogens (tertiary/aromatic N) is 2. The Morgan fingerprint density at radius 1 is 1.10 bits per heavy atom. The summed E-state index contributed by atoms with van der Waals surface area (Å²) in [6.45, 7) is 0.703. The van der Waals surface area contributed by atoms with Crippen LogP contribution in [0.4, 0.5) is 5.69 Å². The molecule has 1 aliphatic heterocycles. The molecule has 0 saturated carbocycles. The highest BCUT2D eigenvalue weighted by molar-refractivity contribution is 5.85. The minimum Gasteiger partial charge on any atom is -0.354 e. The normalized spacial score (nSPS) is 16.9. The number of nitriles is 1. The molecule has 0 spiro atoms. The van der Waals surface area contributed by atoms with Gasteiger partial charge in [0.05, 0.1) is 5.69 Å². The summed E-state index contributed by atoms with van der Waals surface area (Å²) >= 11 is 0. The first kappa shape index (κ1) is 12.2. The van der Waals surface area contributed by atoms with Gasteiger partial charge in [0.2, 0.25) is 5.96 Å². The quantitative estimate of drug-likeness (QED) is 0.613. The van der Waals surface area contributed by atoms with E-state index in [1.807, 2.05) is 42.6 Å². The lowest BCUT2D eigenvalue weighted by Crippen LogP contribution is -2.35. The van der Waals surface area contributed by atoms with Crippen molar-refractivity contribution in [3.63, 3.8) is 0 Å². The van der Waals surface area contributed by atoms with Crippen LogP contribution in [0.1, 0.15) is 17.0 Å². The molecule has 1 atom stereocenters. The van der Waals surface area contributed by atoms with Crippen LogP contribution in [0.2, 0.25) is 0 Å². The van der Waals surface area contributed by atoms with Crippen molar-refractivity contribution in [3.8, 4) is 6.19 Å². The third kappa shape index (κ3) is 2.34. The van der Waals surface area contributed by atoms with Gasteiger partial charge in [0.1, 0.15) is 0 Å². The molecule has 0 aliphatic carbocycles. The molecule has 1 heterocycles. The molecule has 0 bridgehead atoms. The summed E-state index contributed by atoms with van der Waals surface area (Å²) in [5.74, 6) is 0.715. The monoisotopic (exact) mass is 262 g/mol. The van der Waals surface area contributed by atoms with Crippen LogP contribution in [0.15, 0.2) is 59.6 Å². The van der Waals surface area contributed by atoms with E-state index in [9.17, 15) is 0 Å². The topological polar surface area (TPSA) is 60.2 Å². The molecule has 4 nitrogen and oxygen atoms in total. The van der Waals surface area contributed by atoms with E-state index >= 15 is 0 Å². The van der Waals surface area contributed by atoms with Crippen molar-refractivity contribution in [2.24, 2.45) is 4.99 Å². The van der Waals surface area contributed by atoms with Crippen LogP contribution in [0, 0.1) is 11.5 Å². The van der Waals surface area contributed by atoms with Crippen molar-refractivity contribution in [2.45, 2.75) is 5.92 Å². The summed E-state index contributed by atoms with van der Waals surface area (Å²) in [6, 6.07) is 18.4. The highest BCUT2D eigenvalue weighted by Crippen LogP contribution is 2.32. The maximum atomic E-state index is 8.76. The van der Waals surface area contributed by atoms with E-state index in [-0.39, 0.29) is 5.92 Å². The van der Waals surface area contributed by atoms with E-state index in [4.69, 9.17) is 5.26 Å². The maximum Gasteiger partial charge on any atom is 0.209 e. The molecule has 0 saturated heterocycles. The number of hydrogen-bond donors (Lipinski definition) is 2. The average molecular weight is 262 g/mol. The fourth-order valence-electron chi connectivity index (χ4n) is 2.46. The second-order valence-corrected chi connectivity index (χ2v) is 4.60. The third-order valence-electron chi connectivity index (χ3n) is 3.39. The Hall–Kier alpha value is -2.80. The van der Waals surface area contributed by atoms with Gasteiger partial charge in [-0.25, -0.2) is 4.99 Å². The number of guanidine groups is 1. The molecule has 3 rings (SSSR count). The maximum absolute atomic E-state index is 8.76. The molecule has 2 aromatic rings. The summed E-state index contributed by atoms with van der Waals surface area (Å²) in [5.41, 5.74) is 3.30. The number of nitrogens with one attached hydrogen (secondary N) is 2. The first-order chi connectivity index (χ1) is 9.88. The van der Waals surface area contributed by atoms with Gasteiger partial charge in [0.15, 0.2) is 6.19 Å². The Kier molecular flexibility index (Phi) is 3.34. The zero-order valence-electron chi connectivity index (χ0n) is 10.9. The smallest absolute Gasteiger partial charge is 0.209 e. The van der Waals surface area contributed by atoms with Gasteiger partial charge < -0.3 is 5.32 Å². The summed E-state index contributed by atoms with van der Waals surface area (Å²) in [7, 11) is 0. The molecule has 98 valence electrons. The van der Waals surface area contributed by atoms with Crippen molar-refractivity contribution in [3.05, 3.63) is 65.7 Å². The second kappa shape index (κ2) is 5.45. The molecular weight excluding hydrogens is 248 g/mol. The summed E-state index contributed by atoms with van der Waals surface area (Å²) in [6.07, 6.45) is 1.91. The Bertz CT molecular complexity index is 670. The van der Waals surface area contributed by atoms with Crippen molar-refractivity contribution in [1.82, 2.24) is 10.6 Å². The minimum atomic E-state index is 0.217. The summed E-state index contributed by atoms with van der Waals surface area (Å²) in [5, 5.41) is 14.5. The first-order valence-corrected chi connectivity index (χ1v) is 6.50. The van der Waals surface area contributed by atoms with Crippen LogP contribution >= 0.6 is 0 Å². The van der Waals surface area contributed by atoms with Crippen LogP contribution in [-0.2, 0) is 0 Å². The second-order valence-electron chi connectivity index (χ2n) is 4.60. The number of rotatable bonds is 1. The molecule has 0 aromatic heterocycles. The van der Waals surface area contributed by atoms with Crippen LogP contribution in [-0.4, -0.2) is 12.5 Å². The number of hydrogen-bond acceptors (Lipinski definition) is 4. The highest BCUT2D eigenvalue weighted by atomic mass is 15.2. The van der Waals surface area contributed by atoms with Gasteiger partial charge in [0, 0.05) is 12.5 Å². The van der Waals surface area contributed by atoms with E-state index in [0.29, 0.717) is 12.5 Å². The van der Waals surface area contributed by atoms with Crippen molar-refractivity contribution in [1.29, 1.82) is 5.26 Å². The minimum absolute atomic E-state index is 0.217. The molecule has 2 N–H and O–H groups in total. The summed E-state index contributed by atoms with van der Waals surface area (Å²) < 4.78 is 0. The van der Waals surface area contributed by atoms with Gasteiger partial charge in [-0.05, 0) is 17.2 Å². The van der Waals surface area contributed by atoms with Crippen LogP contribution < -0.4 is 10.6 Å². The Labute approximate surface area is 117 Å². The van der Waals surface area contributed by atoms with E-state index in [0.717, 1.165) is 5.69 Å². The Morgan fingerprint density at radius 3 is 2.65 bits per heavy atom. The molecule has 2 aromatic carbocycles. The van der Waals surface area contributed by atoms with E-state index in [1.165, 1.54) is 11.1 Å². The van der Waals surface area contributed by atoms with E-state index in [1.54, 1.807) is 0 Å². The van der Waals surface area contributed by atoms with Crippen molar-refractivity contribution >= 4 is 11.6 Å². The molecular formula is C16H14N4. The highest BCUT2D eigenvalue weighted by Gasteiger charge is 2.20. The van der Waals surface area contributed by atoms with Gasteiger partial charge in [-0.1, -0.05) is 48.5 Å². The van der Waals surface area contributed by atoms with E-state index in [2.05, 4.69) is 33.8 Å². The predicted octanol–water partition coefficient (Wildman–Crippen LogP) is 2.48. The summed E-state index contributed by atoms with van der Waals surface area (Å²) in [4.78, 5) is 4.48. The van der Waals surface area contributed by atoms with E-state index < -0.39 is 0 Å². The fraction of sp³-hybridized carbons (Fsp3) is 0.125. The number of benzene rings is 2.